The predicted molar refractivity (Wildman–Crippen MR) is 71.5 cm³/mol. The zero-order valence-corrected chi connectivity index (χ0v) is 11.8. The number of aliphatic hydroxyl groups excluding tert-OH is 1. The maximum absolute atomic E-state index is 11.3. The van der Waals surface area contributed by atoms with Crippen molar-refractivity contribution in [3.05, 3.63) is 0 Å². The number of unbranched alkanes of at least 4 members (excludes halogenated alkanes) is 6. The Kier molecular flexibility index (Phi) is 12.4. The van der Waals surface area contributed by atoms with E-state index in [1.54, 1.807) is 0 Å². The topological polar surface area (TPSA) is 55.8 Å². The second kappa shape index (κ2) is 12.8. The fraction of sp³-hybridized carbons (Fsp3) is 0.929. The van der Waals surface area contributed by atoms with E-state index in [0.717, 1.165) is 12.8 Å². The molecule has 18 heavy (non-hydrogen) atoms. The molecule has 1 N–H and O–H groups in total. The minimum absolute atomic E-state index is 0.0309. The lowest BCUT2D eigenvalue weighted by Gasteiger charge is -2.10. The van der Waals surface area contributed by atoms with Crippen LogP contribution in [0, 0.1) is 0 Å². The summed E-state index contributed by atoms with van der Waals surface area (Å²) in [6.45, 7) is 2.43. The molecule has 0 saturated heterocycles. The van der Waals surface area contributed by atoms with Crippen LogP contribution in [-0.4, -0.2) is 37.5 Å². The number of esters is 1. The van der Waals surface area contributed by atoms with Gasteiger partial charge in [-0.25, -0.2) is 0 Å². The van der Waals surface area contributed by atoms with Crippen LogP contribution in [0.4, 0.5) is 0 Å². The highest BCUT2D eigenvalue weighted by atomic mass is 16.5. The summed E-state index contributed by atoms with van der Waals surface area (Å²) < 4.78 is 9.67. The minimum atomic E-state index is -0.715. The fourth-order valence-electron chi connectivity index (χ4n) is 1.73. The van der Waals surface area contributed by atoms with Crippen molar-refractivity contribution in [2.24, 2.45) is 0 Å². The maximum atomic E-state index is 11.3. The molecule has 0 aliphatic rings. The zero-order valence-electron chi connectivity index (χ0n) is 11.8. The third-order valence-corrected chi connectivity index (χ3v) is 2.78. The van der Waals surface area contributed by atoms with E-state index in [9.17, 15) is 9.90 Å². The number of rotatable bonds is 12. The first-order chi connectivity index (χ1) is 8.70. The molecule has 0 bridgehead atoms. The molecule has 0 aliphatic heterocycles. The highest BCUT2D eigenvalue weighted by Gasteiger charge is 2.08. The van der Waals surface area contributed by atoms with Gasteiger partial charge in [-0.1, -0.05) is 45.4 Å². The van der Waals surface area contributed by atoms with Crippen LogP contribution in [-0.2, 0) is 14.3 Å². The van der Waals surface area contributed by atoms with Gasteiger partial charge in [0.1, 0.15) is 12.7 Å². The summed E-state index contributed by atoms with van der Waals surface area (Å²) in [6, 6.07) is 0. The quantitative estimate of drug-likeness (QED) is 0.433. The van der Waals surface area contributed by atoms with E-state index in [-0.39, 0.29) is 19.2 Å². The Morgan fingerprint density at radius 1 is 1.06 bits per heavy atom. The number of ether oxygens (including phenoxy) is 2. The predicted octanol–water partition coefficient (Wildman–Crippen LogP) is 2.68. The van der Waals surface area contributed by atoms with Gasteiger partial charge in [0.2, 0.25) is 0 Å². The van der Waals surface area contributed by atoms with Gasteiger partial charge >= 0.3 is 5.97 Å². The molecule has 0 amide bonds. The number of carbonyl (C=O) groups is 1. The van der Waals surface area contributed by atoms with Crippen LogP contribution in [0.5, 0.6) is 0 Å². The normalized spacial score (nSPS) is 12.4. The van der Waals surface area contributed by atoms with E-state index in [1.165, 1.54) is 39.2 Å². The lowest BCUT2D eigenvalue weighted by Crippen LogP contribution is -2.22. The van der Waals surface area contributed by atoms with Crippen molar-refractivity contribution >= 4 is 5.97 Å². The molecule has 0 fully saturated rings. The number of carbonyl (C=O) groups excluding carboxylic acids is 1. The van der Waals surface area contributed by atoms with Crippen molar-refractivity contribution in [1.82, 2.24) is 0 Å². The number of aliphatic hydroxyl groups is 1. The molecule has 108 valence electrons. The van der Waals surface area contributed by atoms with Crippen molar-refractivity contribution in [2.75, 3.05) is 20.3 Å². The van der Waals surface area contributed by atoms with Crippen LogP contribution < -0.4 is 0 Å². The highest BCUT2D eigenvalue weighted by molar-refractivity contribution is 5.69. The van der Waals surface area contributed by atoms with Gasteiger partial charge in [-0.05, 0) is 6.42 Å². The van der Waals surface area contributed by atoms with Crippen molar-refractivity contribution < 1.29 is 19.4 Å². The van der Waals surface area contributed by atoms with E-state index in [4.69, 9.17) is 9.47 Å². The van der Waals surface area contributed by atoms with Crippen molar-refractivity contribution in [1.29, 1.82) is 0 Å². The molecule has 0 aliphatic carbocycles. The largest absolute Gasteiger partial charge is 0.463 e. The Morgan fingerprint density at radius 3 is 2.28 bits per heavy atom. The van der Waals surface area contributed by atoms with Gasteiger partial charge in [-0.15, -0.1) is 0 Å². The smallest absolute Gasteiger partial charge is 0.305 e. The summed E-state index contributed by atoms with van der Waals surface area (Å²) in [5.41, 5.74) is 0. The molecule has 0 radical (unpaired) electrons. The van der Waals surface area contributed by atoms with E-state index in [2.05, 4.69) is 6.92 Å². The van der Waals surface area contributed by atoms with E-state index in [0.29, 0.717) is 6.42 Å². The second-order valence-electron chi connectivity index (χ2n) is 4.66. The standard InChI is InChI=1S/C14H28O4/c1-3-4-5-6-7-8-9-10-14(16)18-12-13(15)11-17-2/h13,15H,3-12H2,1-2H3. The van der Waals surface area contributed by atoms with Crippen molar-refractivity contribution in [2.45, 2.75) is 64.4 Å². The van der Waals surface area contributed by atoms with Crippen molar-refractivity contribution in [3.63, 3.8) is 0 Å². The average Bonchev–Trinajstić information content (AvgIpc) is 2.35. The molecule has 0 heterocycles. The van der Waals surface area contributed by atoms with Gasteiger partial charge in [0.25, 0.3) is 0 Å². The Balaban J connectivity index is 3.26. The Bertz CT molecular complexity index is 194. The van der Waals surface area contributed by atoms with Crippen LogP contribution in [0.1, 0.15) is 58.3 Å². The van der Waals surface area contributed by atoms with Gasteiger partial charge in [-0.3, -0.25) is 4.79 Å². The highest BCUT2D eigenvalue weighted by Crippen LogP contribution is 2.08. The third-order valence-electron chi connectivity index (χ3n) is 2.78. The summed E-state index contributed by atoms with van der Waals surface area (Å²) in [4.78, 5) is 11.3. The Labute approximate surface area is 111 Å². The van der Waals surface area contributed by atoms with Crippen LogP contribution in [0.25, 0.3) is 0 Å². The van der Waals surface area contributed by atoms with Crippen LogP contribution in [0.15, 0.2) is 0 Å². The molecule has 0 rings (SSSR count). The molecule has 1 unspecified atom stereocenters. The molecule has 1 atom stereocenters. The fourth-order valence-corrected chi connectivity index (χ4v) is 1.73. The van der Waals surface area contributed by atoms with Gasteiger partial charge in [0.05, 0.1) is 6.61 Å². The second-order valence-corrected chi connectivity index (χ2v) is 4.66. The van der Waals surface area contributed by atoms with Crippen LogP contribution in [0.2, 0.25) is 0 Å². The summed E-state index contributed by atoms with van der Waals surface area (Å²) in [6.07, 6.45) is 8.01. The average molecular weight is 260 g/mol. The summed E-state index contributed by atoms with van der Waals surface area (Å²) in [7, 11) is 1.50. The maximum Gasteiger partial charge on any atom is 0.305 e. The van der Waals surface area contributed by atoms with Crippen molar-refractivity contribution in [3.8, 4) is 0 Å². The molecule has 0 aromatic carbocycles. The monoisotopic (exact) mass is 260 g/mol. The first-order valence-corrected chi connectivity index (χ1v) is 7.03. The zero-order chi connectivity index (χ0) is 13.6. The molecule has 0 saturated carbocycles. The number of methoxy groups -OCH3 is 1. The Hall–Kier alpha value is -0.610. The third kappa shape index (κ3) is 11.9. The van der Waals surface area contributed by atoms with Gasteiger partial charge in [0.15, 0.2) is 0 Å². The molecule has 0 spiro atoms. The molecule has 4 heteroatoms. The van der Waals surface area contributed by atoms with Gasteiger partial charge in [-0.2, -0.15) is 0 Å². The Morgan fingerprint density at radius 2 is 1.67 bits per heavy atom. The molecule has 0 aromatic rings. The van der Waals surface area contributed by atoms with E-state index < -0.39 is 6.10 Å². The molecule has 4 nitrogen and oxygen atoms in total. The lowest BCUT2D eigenvalue weighted by molar-refractivity contribution is -0.147. The van der Waals surface area contributed by atoms with Gasteiger partial charge < -0.3 is 14.6 Å². The first-order valence-electron chi connectivity index (χ1n) is 7.03. The van der Waals surface area contributed by atoms with E-state index in [1.807, 2.05) is 0 Å². The summed E-state index contributed by atoms with van der Waals surface area (Å²) in [5.74, 6) is -0.223. The summed E-state index contributed by atoms with van der Waals surface area (Å²) >= 11 is 0. The number of hydrogen-bond donors (Lipinski definition) is 1. The summed E-state index contributed by atoms with van der Waals surface area (Å²) in [5, 5.41) is 9.29. The minimum Gasteiger partial charge on any atom is -0.463 e. The van der Waals surface area contributed by atoms with Gasteiger partial charge in [0, 0.05) is 13.5 Å². The van der Waals surface area contributed by atoms with Crippen LogP contribution in [0.3, 0.4) is 0 Å². The molecular weight excluding hydrogens is 232 g/mol. The SMILES string of the molecule is CCCCCCCCCC(=O)OCC(O)COC. The number of hydrogen-bond acceptors (Lipinski definition) is 4. The lowest BCUT2D eigenvalue weighted by atomic mass is 10.1. The first kappa shape index (κ1) is 17.4. The molecular formula is C14H28O4. The van der Waals surface area contributed by atoms with Crippen LogP contribution >= 0.6 is 0 Å². The molecule has 0 aromatic heterocycles. The van der Waals surface area contributed by atoms with E-state index >= 15 is 0 Å².